The van der Waals surface area contributed by atoms with Gasteiger partial charge < -0.3 is 15.5 Å². The van der Waals surface area contributed by atoms with Gasteiger partial charge in [0.05, 0.1) is 11.0 Å². The number of thioether (sulfide) groups is 1. The number of rotatable bonds is 8. The Labute approximate surface area is 183 Å². The Morgan fingerprint density at radius 3 is 2.43 bits per heavy atom. The second-order valence-corrected chi connectivity index (χ2v) is 9.92. The molecule has 1 aromatic carbocycles. The number of halogens is 1. The molecule has 2 aliphatic rings. The average Bonchev–Trinajstić information content (AvgIpc) is 2.76. The zero-order valence-electron chi connectivity index (χ0n) is 17.9. The van der Waals surface area contributed by atoms with Crippen LogP contribution in [-0.4, -0.2) is 53.4 Å². The van der Waals surface area contributed by atoms with Crippen molar-refractivity contribution in [1.29, 1.82) is 0 Å². The lowest BCUT2D eigenvalue weighted by Crippen LogP contribution is -2.47. The van der Waals surface area contributed by atoms with Gasteiger partial charge >= 0.3 is 0 Å². The van der Waals surface area contributed by atoms with Gasteiger partial charge in [0.1, 0.15) is 5.82 Å². The fraction of sp³-hybridized carbons (Fsp3) is 0.652. The predicted octanol–water partition coefficient (Wildman–Crippen LogP) is 4.05. The van der Waals surface area contributed by atoms with E-state index in [2.05, 4.69) is 15.5 Å². The third kappa shape index (κ3) is 7.58. The smallest absolute Gasteiger partial charge is 0.234 e. The van der Waals surface area contributed by atoms with Crippen LogP contribution in [0.2, 0.25) is 0 Å². The lowest BCUT2D eigenvalue weighted by Gasteiger charge is -2.35. The maximum atomic E-state index is 12.9. The van der Waals surface area contributed by atoms with Gasteiger partial charge in [0.25, 0.3) is 0 Å². The molecular formula is C23H34FN3O2S. The van der Waals surface area contributed by atoms with Crippen molar-refractivity contribution >= 4 is 29.3 Å². The number of likely N-dealkylation sites (tertiary alicyclic amines) is 1. The number of hydrogen-bond donors (Lipinski definition) is 2. The Hall–Kier alpha value is -1.60. The minimum absolute atomic E-state index is 0.000290. The first-order valence-corrected chi connectivity index (χ1v) is 12.2. The third-order valence-electron chi connectivity index (χ3n) is 6.14. The topological polar surface area (TPSA) is 61.4 Å². The number of nitrogens with one attached hydrogen (secondary N) is 2. The van der Waals surface area contributed by atoms with Crippen LogP contribution >= 0.6 is 11.8 Å². The van der Waals surface area contributed by atoms with Crippen LogP contribution in [0.25, 0.3) is 0 Å². The summed E-state index contributed by atoms with van der Waals surface area (Å²) in [6.45, 7) is 5.17. The highest BCUT2D eigenvalue weighted by atomic mass is 32.2. The van der Waals surface area contributed by atoms with Gasteiger partial charge in [-0.05, 0) is 62.8 Å². The van der Waals surface area contributed by atoms with Gasteiger partial charge in [-0.25, -0.2) is 4.39 Å². The van der Waals surface area contributed by atoms with Crippen LogP contribution in [0.5, 0.6) is 0 Å². The molecule has 1 saturated heterocycles. The Morgan fingerprint density at radius 2 is 1.77 bits per heavy atom. The first kappa shape index (κ1) is 23.1. The summed E-state index contributed by atoms with van der Waals surface area (Å²) in [6, 6.07) is 5.89. The summed E-state index contributed by atoms with van der Waals surface area (Å²) < 4.78 is 12.9. The van der Waals surface area contributed by atoms with Crippen LogP contribution < -0.4 is 10.6 Å². The number of piperidine rings is 1. The molecule has 1 heterocycles. The first-order valence-electron chi connectivity index (χ1n) is 11.2. The molecule has 166 valence electrons. The van der Waals surface area contributed by atoms with Gasteiger partial charge in [0.2, 0.25) is 11.8 Å². The Morgan fingerprint density at radius 1 is 1.10 bits per heavy atom. The second kappa shape index (κ2) is 11.7. The molecule has 5 nitrogen and oxygen atoms in total. The number of anilines is 1. The van der Waals surface area contributed by atoms with E-state index in [1.807, 2.05) is 6.92 Å². The number of benzene rings is 1. The van der Waals surface area contributed by atoms with Crippen molar-refractivity contribution in [3.05, 3.63) is 30.1 Å². The summed E-state index contributed by atoms with van der Waals surface area (Å²) in [5.74, 6) is 0.517. The largest absolute Gasteiger partial charge is 0.352 e. The van der Waals surface area contributed by atoms with E-state index in [0.717, 1.165) is 31.8 Å². The van der Waals surface area contributed by atoms with E-state index in [1.165, 1.54) is 74.7 Å². The fourth-order valence-corrected chi connectivity index (χ4v) is 5.01. The number of carbonyl (C=O) groups excluding carboxylic acids is 2. The standard InChI is InChI=1S/C23H34FN3O2S/c1-17(30-16-22(28)25-20-9-7-19(24)8-10-20)23(29)26-21-11-13-27(14-12-21)15-18-5-3-2-4-6-18/h7-10,17-18,21H,2-6,11-16H2,1H3,(H,25,28)(H,26,29). The van der Waals surface area contributed by atoms with Gasteiger partial charge in [0.15, 0.2) is 0 Å². The second-order valence-electron chi connectivity index (χ2n) is 8.60. The van der Waals surface area contributed by atoms with E-state index in [1.54, 1.807) is 0 Å². The van der Waals surface area contributed by atoms with Crippen LogP contribution in [0, 0.1) is 11.7 Å². The maximum Gasteiger partial charge on any atom is 0.234 e. The molecule has 1 aliphatic carbocycles. The summed E-state index contributed by atoms with van der Waals surface area (Å²) in [7, 11) is 0. The minimum Gasteiger partial charge on any atom is -0.352 e. The van der Waals surface area contributed by atoms with Crippen molar-refractivity contribution in [2.45, 2.75) is 63.2 Å². The van der Waals surface area contributed by atoms with Crippen molar-refractivity contribution in [1.82, 2.24) is 10.2 Å². The van der Waals surface area contributed by atoms with Gasteiger partial charge in [-0.1, -0.05) is 19.3 Å². The zero-order valence-corrected chi connectivity index (χ0v) is 18.7. The molecule has 30 heavy (non-hydrogen) atoms. The van der Waals surface area contributed by atoms with Gasteiger partial charge in [-0.15, -0.1) is 11.8 Å². The number of carbonyl (C=O) groups is 2. The molecule has 3 rings (SSSR count). The van der Waals surface area contributed by atoms with E-state index < -0.39 is 0 Å². The van der Waals surface area contributed by atoms with Crippen molar-refractivity contribution < 1.29 is 14.0 Å². The Kier molecular flexibility index (Phi) is 9.00. The summed E-state index contributed by atoms with van der Waals surface area (Å²) in [5, 5.41) is 5.59. The van der Waals surface area contributed by atoms with Crippen LogP contribution in [0.3, 0.4) is 0 Å². The Balaban J connectivity index is 1.31. The number of hydrogen-bond acceptors (Lipinski definition) is 4. The molecule has 0 spiro atoms. The van der Waals surface area contributed by atoms with Gasteiger partial charge in [-0.3, -0.25) is 9.59 Å². The molecule has 0 bridgehead atoms. The molecule has 1 unspecified atom stereocenters. The summed E-state index contributed by atoms with van der Waals surface area (Å²) in [6.07, 6.45) is 8.92. The number of nitrogens with zero attached hydrogens (tertiary/aromatic N) is 1. The van der Waals surface area contributed by atoms with Crippen LogP contribution in [-0.2, 0) is 9.59 Å². The van der Waals surface area contributed by atoms with Crippen molar-refractivity contribution in [3.8, 4) is 0 Å². The summed E-state index contributed by atoms with van der Waals surface area (Å²) >= 11 is 1.32. The molecular weight excluding hydrogens is 401 g/mol. The molecule has 0 aromatic heterocycles. The van der Waals surface area contributed by atoms with E-state index >= 15 is 0 Å². The summed E-state index contributed by atoms with van der Waals surface area (Å²) in [4.78, 5) is 27.1. The molecule has 2 fully saturated rings. The fourth-order valence-electron chi connectivity index (χ4n) is 4.32. The van der Waals surface area contributed by atoms with E-state index in [-0.39, 0.29) is 34.7 Å². The van der Waals surface area contributed by atoms with Crippen molar-refractivity contribution in [2.24, 2.45) is 5.92 Å². The van der Waals surface area contributed by atoms with Crippen LogP contribution in [0.1, 0.15) is 51.9 Å². The van der Waals surface area contributed by atoms with Gasteiger partial charge in [-0.2, -0.15) is 0 Å². The quantitative estimate of drug-likeness (QED) is 0.647. The highest BCUT2D eigenvalue weighted by Gasteiger charge is 2.25. The Bertz CT molecular complexity index is 686. The number of amides is 2. The molecule has 1 atom stereocenters. The highest BCUT2D eigenvalue weighted by Crippen LogP contribution is 2.25. The van der Waals surface area contributed by atoms with Crippen LogP contribution in [0.15, 0.2) is 24.3 Å². The first-order chi connectivity index (χ1) is 14.5. The predicted molar refractivity (Wildman–Crippen MR) is 121 cm³/mol. The zero-order chi connectivity index (χ0) is 21.3. The van der Waals surface area contributed by atoms with Crippen molar-refractivity contribution in [3.63, 3.8) is 0 Å². The maximum absolute atomic E-state index is 12.9. The van der Waals surface area contributed by atoms with E-state index in [4.69, 9.17) is 0 Å². The summed E-state index contributed by atoms with van der Waals surface area (Å²) in [5.41, 5.74) is 0.555. The SMILES string of the molecule is CC(SCC(=O)Nc1ccc(F)cc1)C(=O)NC1CCN(CC2CCCCC2)CC1. The lowest BCUT2D eigenvalue weighted by molar-refractivity contribution is -0.121. The molecule has 1 aliphatic heterocycles. The van der Waals surface area contributed by atoms with Crippen LogP contribution in [0.4, 0.5) is 10.1 Å². The minimum atomic E-state index is -0.340. The monoisotopic (exact) mass is 435 g/mol. The molecule has 2 amide bonds. The average molecular weight is 436 g/mol. The molecule has 2 N–H and O–H groups in total. The molecule has 7 heteroatoms. The highest BCUT2D eigenvalue weighted by molar-refractivity contribution is 8.01. The van der Waals surface area contributed by atoms with Crippen molar-refractivity contribution in [2.75, 3.05) is 30.7 Å². The van der Waals surface area contributed by atoms with Gasteiger partial charge in [0, 0.05) is 31.4 Å². The normalized spacial score (nSPS) is 19.9. The molecule has 0 radical (unpaired) electrons. The third-order valence-corrected chi connectivity index (χ3v) is 7.28. The lowest BCUT2D eigenvalue weighted by atomic mass is 9.88. The van der Waals surface area contributed by atoms with E-state index in [9.17, 15) is 14.0 Å². The van der Waals surface area contributed by atoms with E-state index in [0.29, 0.717) is 5.69 Å². The molecule has 1 aromatic rings. The molecule has 1 saturated carbocycles.